The third kappa shape index (κ3) is 4.17. The maximum absolute atomic E-state index is 12.3. The van der Waals surface area contributed by atoms with Gasteiger partial charge in [-0.2, -0.15) is 5.10 Å². The van der Waals surface area contributed by atoms with Gasteiger partial charge < -0.3 is 14.9 Å². The van der Waals surface area contributed by atoms with Crippen molar-refractivity contribution in [2.24, 2.45) is 5.92 Å². The van der Waals surface area contributed by atoms with Crippen molar-refractivity contribution < 1.29 is 14.7 Å². The summed E-state index contributed by atoms with van der Waals surface area (Å²) in [5.74, 6) is 0.717. The van der Waals surface area contributed by atoms with Gasteiger partial charge in [0.1, 0.15) is 5.82 Å². The van der Waals surface area contributed by atoms with Crippen LogP contribution in [0.5, 0.6) is 0 Å². The first-order valence-corrected chi connectivity index (χ1v) is 7.05. The Bertz CT molecular complexity index is 508. The average molecular weight is 295 g/mol. The van der Waals surface area contributed by atoms with Gasteiger partial charge in [0.25, 0.3) is 0 Å². The third-order valence-electron chi connectivity index (χ3n) is 3.70. The topological polar surface area (TPSA) is 102 Å². The molecule has 0 saturated carbocycles. The summed E-state index contributed by atoms with van der Waals surface area (Å²) in [6, 6.07) is -0.0637. The van der Waals surface area contributed by atoms with E-state index >= 15 is 0 Å². The molecule has 0 aliphatic carbocycles. The maximum atomic E-state index is 12.3. The summed E-state index contributed by atoms with van der Waals surface area (Å²) in [6.45, 7) is 3.38. The van der Waals surface area contributed by atoms with Gasteiger partial charge in [-0.25, -0.2) is 9.78 Å². The highest BCUT2D eigenvalue weighted by atomic mass is 16.4. The van der Waals surface area contributed by atoms with Gasteiger partial charge >= 0.3 is 12.0 Å². The number of aromatic amines is 1. The molecule has 21 heavy (non-hydrogen) atoms. The monoisotopic (exact) mass is 295 g/mol. The Morgan fingerprint density at radius 1 is 1.43 bits per heavy atom. The molecule has 0 atom stereocenters. The highest BCUT2D eigenvalue weighted by Crippen LogP contribution is 2.21. The van der Waals surface area contributed by atoms with Crippen molar-refractivity contribution in [1.82, 2.24) is 25.0 Å². The van der Waals surface area contributed by atoms with Gasteiger partial charge in [0.2, 0.25) is 0 Å². The lowest BCUT2D eigenvalue weighted by Crippen LogP contribution is -2.45. The van der Waals surface area contributed by atoms with Gasteiger partial charge in [-0.3, -0.25) is 9.89 Å². The van der Waals surface area contributed by atoms with E-state index in [9.17, 15) is 9.59 Å². The third-order valence-corrected chi connectivity index (χ3v) is 3.70. The van der Waals surface area contributed by atoms with Crippen LogP contribution < -0.4 is 0 Å². The molecule has 2 rings (SSSR count). The second kappa shape index (κ2) is 6.55. The zero-order chi connectivity index (χ0) is 15.4. The standard InChI is InChI=1S/C13H21N5O3/c1-9-14-11(16-15-9)8-17(2)13(21)18-5-3-10(4-6-18)7-12(19)20/h10H,3-8H2,1-2H3,(H,19,20)(H,14,15,16). The normalized spacial score (nSPS) is 16.0. The molecule has 1 aromatic rings. The number of hydrogen-bond acceptors (Lipinski definition) is 4. The highest BCUT2D eigenvalue weighted by molar-refractivity contribution is 5.74. The van der Waals surface area contributed by atoms with Crippen molar-refractivity contribution in [3.8, 4) is 0 Å². The minimum Gasteiger partial charge on any atom is -0.481 e. The number of aromatic nitrogens is 3. The summed E-state index contributed by atoms with van der Waals surface area (Å²) < 4.78 is 0. The molecule has 2 amide bonds. The fourth-order valence-corrected chi connectivity index (χ4v) is 2.56. The van der Waals surface area contributed by atoms with Gasteiger partial charge in [-0.15, -0.1) is 0 Å². The second-order valence-electron chi connectivity index (χ2n) is 5.50. The molecule has 1 saturated heterocycles. The molecule has 1 aromatic heterocycles. The smallest absolute Gasteiger partial charge is 0.320 e. The van der Waals surface area contributed by atoms with E-state index in [2.05, 4.69) is 15.2 Å². The van der Waals surface area contributed by atoms with Crippen LogP contribution in [-0.4, -0.2) is 62.2 Å². The van der Waals surface area contributed by atoms with Crippen molar-refractivity contribution >= 4 is 12.0 Å². The Hall–Kier alpha value is -2.12. The van der Waals surface area contributed by atoms with Gasteiger partial charge in [0.15, 0.2) is 5.82 Å². The van der Waals surface area contributed by atoms with E-state index in [-0.39, 0.29) is 18.4 Å². The van der Waals surface area contributed by atoms with Crippen molar-refractivity contribution in [2.75, 3.05) is 20.1 Å². The number of amides is 2. The fraction of sp³-hybridized carbons (Fsp3) is 0.692. The number of carboxylic acids is 1. The first kappa shape index (κ1) is 15.3. The number of carboxylic acid groups (broad SMARTS) is 1. The maximum Gasteiger partial charge on any atom is 0.320 e. The summed E-state index contributed by atoms with van der Waals surface area (Å²) in [5.41, 5.74) is 0. The van der Waals surface area contributed by atoms with E-state index in [1.807, 2.05) is 6.92 Å². The van der Waals surface area contributed by atoms with Crippen LogP contribution in [0.4, 0.5) is 4.79 Å². The van der Waals surface area contributed by atoms with Crippen LogP contribution in [0, 0.1) is 12.8 Å². The minimum absolute atomic E-state index is 0.0637. The Kier molecular flexibility index (Phi) is 4.77. The number of nitrogens with zero attached hydrogens (tertiary/aromatic N) is 4. The lowest BCUT2D eigenvalue weighted by molar-refractivity contribution is -0.138. The molecular weight excluding hydrogens is 274 g/mol. The zero-order valence-corrected chi connectivity index (χ0v) is 12.4. The highest BCUT2D eigenvalue weighted by Gasteiger charge is 2.26. The molecular formula is C13H21N5O3. The summed E-state index contributed by atoms with van der Waals surface area (Å²) in [7, 11) is 1.72. The van der Waals surface area contributed by atoms with Crippen molar-refractivity contribution in [2.45, 2.75) is 32.7 Å². The molecule has 0 aromatic carbocycles. The Labute approximate surface area is 123 Å². The number of nitrogens with one attached hydrogen (secondary N) is 1. The molecule has 0 spiro atoms. The minimum atomic E-state index is -0.767. The molecule has 2 N–H and O–H groups in total. The number of hydrogen-bond donors (Lipinski definition) is 2. The molecule has 0 bridgehead atoms. The van der Waals surface area contributed by atoms with E-state index < -0.39 is 5.97 Å². The van der Waals surface area contributed by atoms with E-state index in [0.29, 0.717) is 25.5 Å². The van der Waals surface area contributed by atoms with Crippen LogP contribution in [0.3, 0.4) is 0 Å². The second-order valence-corrected chi connectivity index (χ2v) is 5.50. The molecule has 116 valence electrons. The summed E-state index contributed by atoms with van der Waals surface area (Å²) in [5, 5.41) is 15.6. The molecule has 1 aliphatic heterocycles. The quantitative estimate of drug-likeness (QED) is 0.857. The number of urea groups is 1. The van der Waals surface area contributed by atoms with Crippen molar-refractivity contribution in [1.29, 1.82) is 0 Å². The lowest BCUT2D eigenvalue weighted by atomic mass is 9.94. The number of H-pyrrole nitrogens is 1. The van der Waals surface area contributed by atoms with Crippen LogP contribution in [-0.2, 0) is 11.3 Å². The first-order valence-electron chi connectivity index (χ1n) is 7.05. The van der Waals surface area contributed by atoms with E-state index in [1.54, 1.807) is 16.8 Å². The number of piperidine rings is 1. The Balaban J connectivity index is 1.82. The molecule has 1 aliphatic rings. The summed E-state index contributed by atoms with van der Waals surface area (Å²) in [4.78, 5) is 30.5. The fourth-order valence-electron chi connectivity index (χ4n) is 2.56. The number of carbonyl (C=O) groups excluding carboxylic acids is 1. The van der Waals surface area contributed by atoms with Gasteiger partial charge in [0.05, 0.1) is 6.54 Å². The molecule has 2 heterocycles. The van der Waals surface area contributed by atoms with Crippen molar-refractivity contribution in [3.05, 3.63) is 11.6 Å². The Morgan fingerprint density at radius 2 is 2.10 bits per heavy atom. The summed E-state index contributed by atoms with van der Waals surface area (Å²) in [6.07, 6.45) is 1.67. The number of aliphatic carboxylic acids is 1. The zero-order valence-electron chi connectivity index (χ0n) is 12.4. The number of likely N-dealkylation sites (tertiary alicyclic amines) is 1. The number of aryl methyl sites for hydroxylation is 1. The van der Waals surface area contributed by atoms with E-state index in [1.165, 1.54) is 0 Å². The summed E-state index contributed by atoms with van der Waals surface area (Å²) >= 11 is 0. The average Bonchev–Trinajstić information content (AvgIpc) is 2.83. The predicted molar refractivity (Wildman–Crippen MR) is 74.5 cm³/mol. The molecule has 8 nitrogen and oxygen atoms in total. The predicted octanol–water partition coefficient (Wildman–Crippen LogP) is 0.852. The largest absolute Gasteiger partial charge is 0.481 e. The first-order chi connectivity index (χ1) is 9.95. The van der Waals surface area contributed by atoms with Crippen LogP contribution in [0.15, 0.2) is 0 Å². The van der Waals surface area contributed by atoms with E-state index in [0.717, 1.165) is 18.7 Å². The van der Waals surface area contributed by atoms with E-state index in [4.69, 9.17) is 5.11 Å². The van der Waals surface area contributed by atoms with Crippen molar-refractivity contribution in [3.63, 3.8) is 0 Å². The van der Waals surface area contributed by atoms with Crippen LogP contribution in [0.2, 0.25) is 0 Å². The molecule has 1 fully saturated rings. The molecule has 8 heteroatoms. The van der Waals surface area contributed by atoms with Gasteiger partial charge in [-0.05, 0) is 25.7 Å². The number of rotatable bonds is 4. The molecule has 0 radical (unpaired) electrons. The lowest BCUT2D eigenvalue weighted by Gasteiger charge is -2.33. The van der Waals surface area contributed by atoms with Gasteiger partial charge in [-0.1, -0.05) is 0 Å². The van der Waals surface area contributed by atoms with Crippen LogP contribution >= 0.6 is 0 Å². The molecule has 0 unspecified atom stereocenters. The Morgan fingerprint density at radius 3 is 2.62 bits per heavy atom. The van der Waals surface area contributed by atoms with Crippen LogP contribution in [0.1, 0.15) is 30.9 Å². The van der Waals surface area contributed by atoms with Crippen LogP contribution in [0.25, 0.3) is 0 Å². The number of carbonyl (C=O) groups is 2. The van der Waals surface area contributed by atoms with Gasteiger partial charge in [0, 0.05) is 26.6 Å². The SMILES string of the molecule is Cc1nc(CN(C)C(=O)N2CCC(CC(=O)O)CC2)n[nH]1.